The van der Waals surface area contributed by atoms with Crippen molar-refractivity contribution in [2.45, 2.75) is 69.2 Å². The molecule has 1 fully saturated rings. The first kappa shape index (κ1) is 39.5. The summed E-state index contributed by atoms with van der Waals surface area (Å²) in [6, 6.07) is 26.3. The third-order valence-electron chi connectivity index (χ3n) is 8.42. The molecular weight excluding hydrogens is 577 g/mol. The molecule has 0 bridgehead atoms. The number of nitrogens with zero attached hydrogens (tertiary/aromatic N) is 1. The van der Waals surface area contributed by atoms with Gasteiger partial charge in [0, 0.05) is 13.1 Å². The molecule has 1 heterocycles. The third kappa shape index (κ3) is 11.0. The van der Waals surface area contributed by atoms with Crippen LogP contribution in [0.5, 0.6) is 11.5 Å². The fraction of sp³-hybridized carbons (Fsp3) is 0.486. The molecule has 46 heavy (non-hydrogen) atoms. The summed E-state index contributed by atoms with van der Waals surface area (Å²) in [6.45, 7) is 2.76. The normalized spacial score (nSPS) is 16.6. The SMILES string of the molecule is COc1ccc(C(OC[C@@H]2CN(CCCCCCCCC[C-]=O)CC(CO)O2)(c2ccccc2)c2ccc(OC)cc2)cc1.[Li+].[OH-]. The molecule has 1 aliphatic heterocycles. The van der Waals surface area contributed by atoms with Gasteiger partial charge in [0.2, 0.25) is 0 Å². The van der Waals surface area contributed by atoms with Crippen molar-refractivity contribution < 1.29 is 53.2 Å². The van der Waals surface area contributed by atoms with E-state index in [1.54, 1.807) is 14.2 Å². The number of benzene rings is 3. The summed E-state index contributed by atoms with van der Waals surface area (Å²) in [6.07, 6.45) is 10.0. The molecule has 1 aliphatic rings. The Hall–Kier alpha value is -2.67. The number of unbranched alkanes of at least 4 members (excludes halogenated alkanes) is 7. The van der Waals surface area contributed by atoms with Crippen molar-refractivity contribution in [2.24, 2.45) is 0 Å². The summed E-state index contributed by atoms with van der Waals surface area (Å²) in [7, 11) is 3.33. The van der Waals surface area contributed by atoms with E-state index in [0.29, 0.717) is 13.0 Å². The predicted molar refractivity (Wildman–Crippen MR) is 175 cm³/mol. The molecule has 3 aromatic carbocycles. The Morgan fingerprint density at radius 3 is 1.78 bits per heavy atom. The van der Waals surface area contributed by atoms with Crippen LogP contribution in [-0.2, 0) is 19.9 Å². The Bertz CT molecular complexity index is 1180. The average Bonchev–Trinajstić information content (AvgIpc) is 3.08. The van der Waals surface area contributed by atoms with Crippen molar-refractivity contribution in [2.75, 3.05) is 47.1 Å². The van der Waals surface area contributed by atoms with Crippen molar-refractivity contribution in [1.29, 1.82) is 0 Å². The van der Waals surface area contributed by atoms with Crippen LogP contribution in [0.3, 0.4) is 0 Å². The second-order valence-corrected chi connectivity index (χ2v) is 11.5. The van der Waals surface area contributed by atoms with Crippen molar-refractivity contribution in [1.82, 2.24) is 4.90 Å². The quantitative estimate of drug-likeness (QED) is 0.0937. The number of ether oxygens (including phenoxy) is 4. The second kappa shape index (κ2) is 21.2. The molecule has 1 saturated heterocycles. The van der Waals surface area contributed by atoms with E-state index >= 15 is 0 Å². The van der Waals surface area contributed by atoms with Crippen LogP contribution in [0, 0.1) is 0 Å². The van der Waals surface area contributed by atoms with Crippen molar-refractivity contribution >= 4 is 6.29 Å². The molecule has 1 unspecified atom stereocenters. The van der Waals surface area contributed by atoms with Gasteiger partial charge in [-0.05, 0) is 53.9 Å². The van der Waals surface area contributed by atoms with Crippen molar-refractivity contribution in [3.05, 3.63) is 95.6 Å². The van der Waals surface area contributed by atoms with Gasteiger partial charge in [-0.3, -0.25) is 11.2 Å². The van der Waals surface area contributed by atoms with E-state index in [9.17, 15) is 9.90 Å². The molecule has 0 saturated carbocycles. The summed E-state index contributed by atoms with van der Waals surface area (Å²) < 4.78 is 24.4. The number of hydrogen-bond donors (Lipinski definition) is 1. The van der Waals surface area contributed by atoms with Crippen molar-refractivity contribution in [3.8, 4) is 11.5 Å². The molecule has 4 rings (SSSR count). The number of hydrogen-bond acceptors (Lipinski definition) is 8. The van der Waals surface area contributed by atoms with Crippen LogP contribution in [0.15, 0.2) is 78.9 Å². The summed E-state index contributed by atoms with van der Waals surface area (Å²) in [5, 5.41) is 10.1. The van der Waals surface area contributed by atoms with E-state index in [4.69, 9.17) is 18.9 Å². The van der Waals surface area contributed by atoms with E-state index in [-0.39, 0.29) is 43.2 Å². The first-order valence-corrected chi connectivity index (χ1v) is 15.9. The number of methoxy groups -OCH3 is 2. The van der Waals surface area contributed by atoms with Gasteiger partial charge >= 0.3 is 18.9 Å². The maximum Gasteiger partial charge on any atom is 1.00 e. The van der Waals surface area contributed by atoms with Crippen LogP contribution in [0.2, 0.25) is 0 Å². The Balaban J connectivity index is 0.00000368. The van der Waals surface area contributed by atoms with E-state index < -0.39 is 5.60 Å². The van der Waals surface area contributed by atoms with Gasteiger partial charge in [-0.15, -0.1) is 0 Å². The van der Waals surface area contributed by atoms with Gasteiger partial charge in [-0.2, -0.15) is 6.42 Å². The molecule has 2 atom stereocenters. The molecule has 0 amide bonds. The maximum absolute atomic E-state index is 10.4. The zero-order valence-corrected chi connectivity index (χ0v) is 27.7. The number of aliphatic hydroxyl groups is 1. The zero-order valence-electron chi connectivity index (χ0n) is 27.7. The largest absolute Gasteiger partial charge is 1.00 e. The van der Waals surface area contributed by atoms with Crippen LogP contribution in [-0.4, -0.2) is 81.0 Å². The molecular formula is C37H49LiNO7-. The van der Waals surface area contributed by atoms with E-state index in [0.717, 1.165) is 67.1 Å². The molecule has 8 nitrogen and oxygen atoms in total. The van der Waals surface area contributed by atoms with Crippen LogP contribution in [0.25, 0.3) is 0 Å². The van der Waals surface area contributed by atoms with Gasteiger partial charge in [0.15, 0.2) is 0 Å². The summed E-state index contributed by atoms with van der Waals surface area (Å²) in [4.78, 5) is 12.8. The molecule has 0 aromatic heterocycles. The molecule has 246 valence electrons. The fourth-order valence-corrected chi connectivity index (χ4v) is 6.09. The van der Waals surface area contributed by atoms with E-state index in [1.807, 2.05) is 48.8 Å². The van der Waals surface area contributed by atoms with Gasteiger partial charge in [0.25, 0.3) is 0 Å². The minimum Gasteiger partial charge on any atom is -0.870 e. The fourth-order valence-electron chi connectivity index (χ4n) is 6.09. The van der Waals surface area contributed by atoms with E-state index in [1.165, 1.54) is 25.7 Å². The number of aliphatic hydroxyl groups excluding tert-OH is 1. The molecule has 0 radical (unpaired) electrons. The Kier molecular flexibility index (Phi) is 18.2. The Morgan fingerprint density at radius 2 is 1.26 bits per heavy atom. The summed E-state index contributed by atoms with van der Waals surface area (Å²) in [5.41, 5.74) is 2.05. The van der Waals surface area contributed by atoms with Gasteiger partial charge < -0.3 is 34.3 Å². The van der Waals surface area contributed by atoms with Gasteiger partial charge in [-0.25, -0.2) is 0 Å². The monoisotopic (exact) mass is 626 g/mol. The van der Waals surface area contributed by atoms with Gasteiger partial charge in [-0.1, -0.05) is 93.1 Å². The maximum atomic E-state index is 10.4. The van der Waals surface area contributed by atoms with Crippen LogP contribution in [0.1, 0.15) is 68.1 Å². The molecule has 9 heteroatoms. The van der Waals surface area contributed by atoms with Crippen LogP contribution < -0.4 is 28.3 Å². The minimum absolute atomic E-state index is 0. The van der Waals surface area contributed by atoms with Crippen molar-refractivity contribution in [3.63, 3.8) is 0 Å². The van der Waals surface area contributed by atoms with Crippen LogP contribution >= 0.6 is 0 Å². The summed E-state index contributed by atoms with van der Waals surface area (Å²) in [5.74, 6) is 1.55. The standard InChI is InChI=1S/C37H48NO6.Li.H2O/c1-41-33-20-16-31(17-21-33)37(30-14-10-9-11-15-30,32-18-22-34(42-2)23-19-32)43-29-36-27-38(26-35(28-40)44-36)24-12-7-5-3-4-6-8-13-25-39;;/h9-11,14-23,35-36,40H,3-8,12-13,24,26-29H2,1-2H3;;1H2/q-1;+1;/p-1/t35?,36-;;/m0../s1. The number of carbonyl (C=O) groups excluding carboxylic acids is 1. The Labute approximate surface area is 286 Å². The number of morpholine rings is 1. The molecule has 3 aromatic rings. The van der Waals surface area contributed by atoms with Gasteiger partial charge in [0.05, 0.1) is 39.6 Å². The summed E-state index contributed by atoms with van der Waals surface area (Å²) >= 11 is 0. The smallest absolute Gasteiger partial charge is 0.870 e. The second-order valence-electron chi connectivity index (χ2n) is 11.5. The zero-order chi connectivity index (χ0) is 31.0. The molecule has 0 spiro atoms. The minimum atomic E-state index is -0.913. The molecule has 2 N–H and O–H groups in total. The third-order valence-corrected chi connectivity index (χ3v) is 8.42. The van der Waals surface area contributed by atoms with E-state index in [2.05, 4.69) is 41.3 Å². The average molecular weight is 627 g/mol. The van der Waals surface area contributed by atoms with Gasteiger partial charge in [0.1, 0.15) is 17.1 Å². The molecule has 0 aliphatic carbocycles. The number of rotatable bonds is 19. The first-order valence-electron chi connectivity index (χ1n) is 15.9. The Morgan fingerprint density at radius 1 is 0.761 bits per heavy atom. The first-order chi connectivity index (χ1) is 21.6. The van der Waals surface area contributed by atoms with Crippen LogP contribution in [0.4, 0.5) is 0 Å². The topological polar surface area (TPSA) is 107 Å². The predicted octanol–water partition coefficient (Wildman–Crippen LogP) is 3.13.